The minimum absolute atomic E-state index is 0.114. The van der Waals surface area contributed by atoms with Crippen molar-refractivity contribution in [3.8, 4) is 0 Å². The zero-order valence-corrected chi connectivity index (χ0v) is 16.5. The summed E-state index contributed by atoms with van der Waals surface area (Å²) >= 11 is 0. The number of anilines is 1. The smallest absolute Gasteiger partial charge is 0.264 e. The van der Waals surface area contributed by atoms with Gasteiger partial charge < -0.3 is 5.32 Å². The SMILES string of the molecule is O=C(CN(c1ccccc1)S(=O)(=O)c1ccccc1)NCCc1ccc(F)cc1. The van der Waals surface area contributed by atoms with Crippen LogP contribution in [-0.4, -0.2) is 27.4 Å². The molecule has 29 heavy (non-hydrogen) atoms. The van der Waals surface area contributed by atoms with E-state index in [4.69, 9.17) is 0 Å². The molecule has 7 heteroatoms. The number of sulfonamides is 1. The van der Waals surface area contributed by atoms with E-state index in [1.54, 1.807) is 60.7 Å². The van der Waals surface area contributed by atoms with Gasteiger partial charge in [0.05, 0.1) is 10.6 Å². The van der Waals surface area contributed by atoms with Crippen LogP contribution in [0.2, 0.25) is 0 Å². The molecule has 1 amide bonds. The van der Waals surface area contributed by atoms with E-state index >= 15 is 0 Å². The van der Waals surface area contributed by atoms with Gasteiger partial charge in [0, 0.05) is 6.54 Å². The molecule has 0 aliphatic rings. The molecule has 0 bridgehead atoms. The molecule has 0 unspecified atom stereocenters. The van der Waals surface area contributed by atoms with E-state index < -0.39 is 15.9 Å². The van der Waals surface area contributed by atoms with Crippen molar-refractivity contribution in [3.05, 3.63) is 96.3 Å². The van der Waals surface area contributed by atoms with Gasteiger partial charge in [-0.05, 0) is 48.4 Å². The van der Waals surface area contributed by atoms with Crippen molar-refractivity contribution in [1.29, 1.82) is 0 Å². The van der Waals surface area contributed by atoms with Crippen LogP contribution in [0.3, 0.4) is 0 Å². The highest BCUT2D eigenvalue weighted by Gasteiger charge is 2.26. The quantitative estimate of drug-likeness (QED) is 0.617. The highest BCUT2D eigenvalue weighted by atomic mass is 32.2. The summed E-state index contributed by atoms with van der Waals surface area (Å²) in [4.78, 5) is 12.6. The second-order valence-electron chi connectivity index (χ2n) is 6.39. The number of carbonyl (C=O) groups is 1. The number of para-hydroxylation sites is 1. The van der Waals surface area contributed by atoms with Gasteiger partial charge in [-0.2, -0.15) is 0 Å². The number of hydrogen-bond donors (Lipinski definition) is 1. The average Bonchev–Trinajstić information content (AvgIpc) is 2.74. The lowest BCUT2D eigenvalue weighted by Gasteiger charge is -2.24. The van der Waals surface area contributed by atoms with E-state index in [9.17, 15) is 17.6 Å². The van der Waals surface area contributed by atoms with Crippen LogP contribution in [0.25, 0.3) is 0 Å². The fraction of sp³-hybridized carbons (Fsp3) is 0.136. The van der Waals surface area contributed by atoms with Gasteiger partial charge in [-0.15, -0.1) is 0 Å². The van der Waals surface area contributed by atoms with Crippen LogP contribution >= 0.6 is 0 Å². The fourth-order valence-electron chi connectivity index (χ4n) is 2.81. The molecule has 0 radical (unpaired) electrons. The molecule has 5 nitrogen and oxygen atoms in total. The number of benzene rings is 3. The number of nitrogens with one attached hydrogen (secondary N) is 1. The number of halogens is 1. The van der Waals surface area contributed by atoms with Crippen molar-refractivity contribution < 1.29 is 17.6 Å². The Balaban J connectivity index is 1.72. The third kappa shape index (κ3) is 5.42. The van der Waals surface area contributed by atoms with Crippen LogP contribution in [0.15, 0.2) is 89.8 Å². The largest absolute Gasteiger partial charge is 0.354 e. The fourth-order valence-corrected chi connectivity index (χ4v) is 4.25. The Morgan fingerprint density at radius 3 is 2.07 bits per heavy atom. The van der Waals surface area contributed by atoms with E-state index in [0.717, 1.165) is 9.87 Å². The third-order valence-corrected chi connectivity index (χ3v) is 6.10. The molecule has 3 rings (SSSR count). The van der Waals surface area contributed by atoms with Gasteiger partial charge in [-0.1, -0.05) is 48.5 Å². The zero-order valence-electron chi connectivity index (χ0n) is 15.7. The first-order valence-corrected chi connectivity index (χ1v) is 10.5. The Bertz CT molecular complexity index is 1040. The van der Waals surface area contributed by atoms with Crippen LogP contribution in [0.5, 0.6) is 0 Å². The Morgan fingerprint density at radius 2 is 1.45 bits per heavy atom. The van der Waals surface area contributed by atoms with Crippen LogP contribution < -0.4 is 9.62 Å². The monoisotopic (exact) mass is 412 g/mol. The van der Waals surface area contributed by atoms with Gasteiger partial charge >= 0.3 is 0 Å². The van der Waals surface area contributed by atoms with Crippen LogP contribution in [-0.2, 0) is 21.2 Å². The highest BCUT2D eigenvalue weighted by molar-refractivity contribution is 7.92. The number of carbonyl (C=O) groups excluding carboxylic acids is 1. The number of nitrogens with zero attached hydrogens (tertiary/aromatic N) is 1. The van der Waals surface area contributed by atoms with Gasteiger partial charge in [0.1, 0.15) is 12.4 Å². The lowest BCUT2D eigenvalue weighted by molar-refractivity contribution is -0.119. The molecule has 0 fully saturated rings. The Hall–Kier alpha value is -3.19. The molecule has 0 spiro atoms. The standard InChI is InChI=1S/C22H21FN2O3S/c23-19-13-11-18(12-14-19)15-16-24-22(26)17-25(20-7-3-1-4-8-20)29(27,28)21-9-5-2-6-10-21/h1-14H,15-17H2,(H,24,26). The number of hydrogen-bond acceptors (Lipinski definition) is 3. The van der Waals surface area contributed by atoms with Gasteiger partial charge in [0.2, 0.25) is 5.91 Å². The summed E-state index contributed by atoms with van der Waals surface area (Å²) in [5, 5.41) is 2.73. The van der Waals surface area contributed by atoms with Crippen LogP contribution in [0, 0.1) is 5.82 Å². The minimum Gasteiger partial charge on any atom is -0.354 e. The first-order valence-electron chi connectivity index (χ1n) is 9.11. The highest BCUT2D eigenvalue weighted by Crippen LogP contribution is 2.23. The van der Waals surface area contributed by atoms with E-state index in [2.05, 4.69) is 5.32 Å². The lowest BCUT2D eigenvalue weighted by Crippen LogP contribution is -2.41. The van der Waals surface area contributed by atoms with E-state index in [1.165, 1.54) is 24.3 Å². The van der Waals surface area contributed by atoms with Crippen molar-refractivity contribution in [3.63, 3.8) is 0 Å². The van der Waals surface area contributed by atoms with Gasteiger partial charge in [-0.25, -0.2) is 12.8 Å². The second-order valence-corrected chi connectivity index (χ2v) is 8.25. The molecule has 150 valence electrons. The normalized spacial score (nSPS) is 11.1. The van der Waals surface area contributed by atoms with Gasteiger partial charge in [0.25, 0.3) is 10.0 Å². The maximum atomic E-state index is 13.1. The van der Waals surface area contributed by atoms with Crippen LogP contribution in [0.4, 0.5) is 10.1 Å². The minimum atomic E-state index is -3.90. The summed E-state index contributed by atoms with van der Waals surface area (Å²) in [6.07, 6.45) is 0.517. The summed E-state index contributed by atoms with van der Waals surface area (Å²) in [6, 6.07) is 22.5. The van der Waals surface area contributed by atoms with E-state index in [0.29, 0.717) is 18.7 Å². The molecule has 0 atom stereocenters. The first-order chi connectivity index (χ1) is 14.0. The predicted molar refractivity (Wildman–Crippen MR) is 111 cm³/mol. The molecule has 1 N–H and O–H groups in total. The molecule has 0 saturated carbocycles. The summed E-state index contributed by atoms with van der Waals surface area (Å²) in [7, 11) is -3.90. The van der Waals surface area contributed by atoms with Crippen molar-refractivity contribution >= 4 is 21.6 Å². The maximum absolute atomic E-state index is 13.1. The van der Waals surface area contributed by atoms with E-state index in [-0.39, 0.29) is 17.3 Å². The maximum Gasteiger partial charge on any atom is 0.264 e. The number of amides is 1. The molecule has 0 saturated heterocycles. The van der Waals surface area contributed by atoms with Crippen molar-refractivity contribution in [2.24, 2.45) is 0 Å². The van der Waals surface area contributed by atoms with Crippen molar-refractivity contribution in [1.82, 2.24) is 5.32 Å². The van der Waals surface area contributed by atoms with Gasteiger partial charge in [0.15, 0.2) is 0 Å². The lowest BCUT2D eigenvalue weighted by atomic mass is 10.1. The van der Waals surface area contributed by atoms with Crippen LogP contribution in [0.1, 0.15) is 5.56 Å². The second kappa shape index (κ2) is 9.34. The summed E-state index contributed by atoms with van der Waals surface area (Å²) in [5.74, 6) is -0.738. The molecule has 0 aliphatic carbocycles. The zero-order chi connectivity index (χ0) is 20.7. The molecule has 3 aromatic carbocycles. The molecule has 3 aromatic rings. The Kier molecular flexibility index (Phi) is 6.61. The van der Waals surface area contributed by atoms with E-state index in [1.807, 2.05) is 0 Å². The summed E-state index contributed by atoms with van der Waals surface area (Å²) in [6.45, 7) is -0.0247. The Labute approximate surface area is 169 Å². The predicted octanol–water partition coefficient (Wildman–Crippen LogP) is 3.38. The third-order valence-electron chi connectivity index (χ3n) is 4.31. The molecular weight excluding hydrogens is 391 g/mol. The molecular formula is C22H21FN2O3S. The first kappa shape index (κ1) is 20.5. The average molecular weight is 412 g/mol. The van der Waals surface area contributed by atoms with Crippen molar-refractivity contribution in [2.45, 2.75) is 11.3 Å². The molecule has 0 aromatic heterocycles. The van der Waals surface area contributed by atoms with Gasteiger partial charge in [-0.3, -0.25) is 9.10 Å². The number of rotatable bonds is 8. The topological polar surface area (TPSA) is 66.5 Å². The molecule has 0 heterocycles. The summed E-state index contributed by atoms with van der Waals surface area (Å²) in [5.41, 5.74) is 1.29. The van der Waals surface area contributed by atoms with Crippen molar-refractivity contribution in [2.75, 3.05) is 17.4 Å². The Morgan fingerprint density at radius 1 is 0.862 bits per heavy atom. The molecule has 0 aliphatic heterocycles. The summed E-state index contributed by atoms with van der Waals surface area (Å²) < 4.78 is 40.3.